The SMILES string of the molecule is Cc1cc(C(CC(c2ccc(C(=O)N3CCC(F)(F)CC3)cc2)c2ccc(F)cc2F)=NO)ccn1. The lowest BCUT2D eigenvalue weighted by molar-refractivity contribution is -0.0494. The lowest BCUT2D eigenvalue weighted by atomic mass is 9.84. The summed E-state index contributed by atoms with van der Waals surface area (Å²) in [5.41, 5.74) is 2.71. The van der Waals surface area contributed by atoms with Crippen molar-refractivity contribution in [3.8, 4) is 0 Å². The molecule has 2 aromatic carbocycles. The molecule has 1 fully saturated rings. The van der Waals surface area contributed by atoms with E-state index in [-0.39, 0.29) is 49.5 Å². The van der Waals surface area contributed by atoms with Crippen molar-refractivity contribution in [2.45, 2.75) is 38.0 Å². The molecule has 0 aliphatic carbocycles. The molecule has 1 aliphatic heterocycles. The number of aromatic nitrogens is 1. The highest BCUT2D eigenvalue weighted by Gasteiger charge is 2.35. The predicted octanol–water partition coefficient (Wildman–Crippen LogP) is 5.94. The van der Waals surface area contributed by atoms with Gasteiger partial charge < -0.3 is 10.1 Å². The van der Waals surface area contributed by atoms with Gasteiger partial charge in [0.05, 0.1) is 5.71 Å². The van der Waals surface area contributed by atoms with Gasteiger partial charge in [0.25, 0.3) is 11.8 Å². The number of benzene rings is 2. The monoisotopic (exact) mass is 499 g/mol. The molecule has 1 saturated heterocycles. The van der Waals surface area contributed by atoms with Gasteiger partial charge >= 0.3 is 0 Å². The predicted molar refractivity (Wildman–Crippen MR) is 127 cm³/mol. The molecule has 1 N–H and O–H groups in total. The fraction of sp³-hybridized carbons (Fsp3) is 0.296. The van der Waals surface area contributed by atoms with Crippen LogP contribution in [0.3, 0.4) is 0 Å². The van der Waals surface area contributed by atoms with E-state index in [1.54, 1.807) is 49.5 Å². The molecule has 0 bridgehead atoms. The Labute approximate surface area is 206 Å². The Bertz CT molecular complexity index is 1270. The van der Waals surface area contributed by atoms with Crippen molar-refractivity contribution < 1.29 is 27.6 Å². The molecule has 1 atom stereocenters. The van der Waals surface area contributed by atoms with Crippen molar-refractivity contribution in [2.24, 2.45) is 5.16 Å². The molecule has 1 aliphatic rings. The van der Waals surface area contributed by atoms with Crippen LogP contribution in [-0.2, 0) is 0 Å². The molecule has 4 rings (SSSR count). The molecule has 0 radical (unpaired) electrons. The van der Waals surface area contributed by atoms with E-state index < -0.39 is 23.5 Å². The van der Waals surface area contributed by atoms with Crippen molar-refractivity contribution in [2.75, 3.05) is 13.1 Å². The third kappa shape index (κ3) is 5.72. The average molecular weight is 500 g/mol. The molecular weight excluding hydrogens is 474 g/mol. The van der Waals surface area contributed by atoms with Crippen LogP contribution >= 0.6 is 0 Å². The number of alkyl halides is 2. The number of oxime groups is 1. The first kappa shape index (κ1) is 25.3. The van der Waals surface area contributed by atoms with Gasteiger partial charge in [0.1, 0.15) is 11.6 Å². The highest BCUT2D eigenvalue weighted by Crippen LogP contribution is 2.33. The minimum atomic E-state index is -2.76. The molecule has 9 heteroatoms. The van der Waals surface area contributed by atoms with Gasteiger partial charge in [-0.05, 0) is 48.4 Å². The number of likely N-dealkylation sites (tertiary alicyclic amines) is 1. The van der Waals surface area contributed by atoms with Crippen LogP contribution in [0.5, 0.6) is 0 Å². The molecule has 36 heavy (non-hydrogen) atoms. The maximum absolute atomic E-state index is 14.8. The third-order valence-electron chi connectivity index (χ3n) is 6.43. The Hall–Kier alpha value is -3.75. The van der Waals surface area contributed by atoms with E-state index in [4.69, 9.17) is 0 Å². The van der Waals surface area contributed by atoms with Gasteiger partial charge in [0.2, 0.25) is 0 Å². The normalized spacial score (nSPS) is 16.6. The second kappa shape index (κ2) is 10.5. The quantitative estimate of drug-likeness (QED) is 0.198. The summed E-state index contributed by atoms with van der Waals surface area (Å²) in [6.07, 6.45) is 0.901. The van der Waals surface area contributed by atoms with E-state index in [0.717, 1.165) is 12.1 Å². The van der Waals surface area contributed by atoms with Crippen molar-refractivity contribution >= 4 is 11.6 Å². The molecule has 1 unspecified atom stereocenters. The zero-order chi connectivity index (χ0) is 25.9. The van der Waals surface area contributed by atoms with Crippen LogP contribution in [0, 0.1) is 18.6 Å². The molecule has 188 valence electrons. The van der Waals surface area contributed by atoms with E-state index >= 15 is 0 Å². The van der Waals surface area contributed by atoms with E-state index in [1.165, 1.54) is 11.0 Å². The molecule has 1 amide bonds. The Morgan fingerprint density at radius 3 is 2.36 bits per heavy atom. The minimum Gasteiger partial charge on any atom is -0.411 e. The summed E-state index contributed by atoms with van der Waals surface area (Å²) >= 11 is 0. The zero-order valence-corrected chi connectivity index (χ0v) is 19.6. The molecular formula is C27H25F4N3O2. The summed E-state index contributed by atoms with van der Waals surface area (Å²) < 4.78 is 55.4. The number of pyridine rings is 1. The molecule has 3 aromatic rings. The molecule has 5 nitrogen and oxygen atoms in total. The first-order valence-electron chi connectivity index (χ1n) is 11.5. The van der Waals surface area contributed by atoms with Crippen LogP contribution < -0.4 is 0 Å². The Morgan fingerprint density at radius 1 is 1.06 bits per heavy atom. The van der Waals surface area contributed by atoms with Crippen LogP contribution in [0.15, 0.2) is 65.9 Å². The van der Waals surface area contributed by atoms with E-state index in [9.17, 15) is 27.6 Å². The second-order valence-electron chi connectivity index (χ2n) is 8.93. The van der Waals surface area contributed by atoms with Gasteiger partial charge in [-0.2, -0.15) is 0 Å². The topological polar surface area (TPSA) is 65.8 Å². The van der Waals surface area contributed by atoms with Gasteiger partial charge in [-0.25, -0.2) is 17.6 Å². The van der Waals surface area contributed by atoms with Gasteiger partial charge in [-0.3, -0.25) is 9.78 Å². The first-order chi connectivity index (χ1) is 17.2. The van der Waals surface area contributed by atoms with Gasteiger partial charge in [0, 0.05) is 67.4 Å². The number of rotatable bonds is 6. The van der Waals surface area contributed by atoms with Crippen LogP contribution in [0.2, 0.25) is 0 Å². The van der Waals surface area contributed by atoms with Crippen molar-refractivity contribution in [3.63, 3.8) is 0 Å². The van der Waals surface area contributed by atoms with Crippen LogP contribution in [0.4, 0.5) is 17.6 Å². The van der Waals surface area contributed by atoms with E-state index in [1.807, 2.05) is 0 Å². The van der Waals surface area contributed by atoms with Crippen molar-refractivity contribution in [1.82, 2.24) is 9.88 Å². The lowest BCUT2D eigenvalue weighted by Crippen LogP contribution is -2.42. The first-order valence-corrected chi connectivity index (χ1v) is 11.5. The van der Waals surface area contributed by atoms with Crippen LogP contribution in [-0.4, -0.2) is 45.7 Å². The summed E-state index contributed by atoms with van der Waals surface area (Å²) in [4.78, 5) is 18.3. The summed E-state index contributed by atoms with van der Waals surface area (Å²) in [7, 11) is 0. The number of amides is 1. The molecule has 0 saturated carbocycles. The van der Waals surface area contributed by atoms with Crippen LogP contribution in [0.1, 0.15) is 57.9 Å². The number of halogens is 4. The number of nitrogens with zero attached hydrogens (tertiary/aromatic N) is 3. The number of carbonyl (C=O) groups excluding carboxylic acids is 1. The number of aryl methyl sites for hydroxylation is 1. The summed E-state index contributed by atoms with van der Waals surface area (Å²) in [6, 6.07) is 13.1. The third-order valence-corrected chi connectivity index (χ3v) is 6.43. The number of carbonyl (C=O) groups is 1. The summed E-state index contributed by atoms with van der Waals surface area (Å²) in [5, 5.41) is 13.2. The highest BCUT2D eigenvalue weighted by atomic mass is 19.3. The van der Waals surface area contributed by atoms with Gasteiger partial charge in [0.15, 0.2) is 0 Å². The maximum atomic E-state index is 14.8. The number of hydrogen-bond acceptors (Lipinski definition) is 4. The van der Waals surface area contributed by atoms with Crippen molar-refractivity contribution in [3.05, 3.63) is 100 Å². The van der Waals surface area contributed by atoms with Gasteiger partial charge in [-0.15, -0.1) is 0 Å². The number of hydrogen-bond donors (Lipinski definition) is 1. The summed E-state index contributed by atoms with van der Waals surface area (Å²) in [6.45, 7) is 1.73. The Morgan fingerprint density at radius 2 is 1.75 bits per heavy atom. The average Bonchev–Trinajstić information content (AvgIpc) is 2.85. The number of piperidine rings is 1. The smallest absolute Gasteiger partial charge is 0.253 e. The fourth-order valence-corrected chi connectivity index (χ4v) is 4.40. The standard InChI is InChI=1S/C27H25F4N3O2/c1-17-14-20(8-11-32-17)25(33-36)16-23(22-7-6-21(28)15-24(22)29)18-2-4-19(5-3-18)26(35)34-12-9-27(30,31)10-13-34/h2-8,11,14-15,23,36H,9-10,12-13,16H2,1H3. The fourth-order valence-electron chi connectivity index (χ4n) is 4.40. The van der Waals surface area contributed by atoms with E-state index in [2.05, 4.69) is 10.1 Å². The molecule has 1 aromatic heterocycles. The Kier molecular flexibility index (Phi) is 7.37. The molecule has 2 heterocycles. The zero-order valence-electron chi connectivity index (χ0n) is 19.6. The highest BCUT2D eigenvalue weighted by molar-refractivity contribution is 6.01. The van der Waals surface area contributed by atoms with Crippen molar-refractivity contribution in [1.29, 1.82) is 0 Å². The molecule has 0 spiro atoms. The Balaban J connectivity index is 1.64. The largest absolute Gasteiger partial charge is 0.411 e. The van der Waals surface area contributed by atoms with E-state index in [0.29, 0.717) is 22.4 Å². The van der Waals surface area contributed by atoms with Gasteiger partial charge in [-0.1, -0.05) is 23.4 Å². The minimum absolute atomic E-state index is 0.0291. The lowest BCUT2D eigenvalue weighted by Gasteiger charge is -2.31. The second-order valence-corrected chi connectivity index (χ2v) is 8.93. The van der Waals surface area contributed by atoms with Crippen LogP contribution in [0.25, 0.3) is 0 Å². The maximum Gasteiger partial charge on any atom is 0.253 e. The summed E-state index contributed by atoms with van der Waals surface area (Å²) in [5.74, 6) is -5.25.